The summed E-state index contributed by atoms with van der Waals surface area (Å²) in [5, 5.41) is 19.7. The van der Waals surface area contributed by atoms with Crippen LogP contribution in [0, 0.1) is 0 Å². The summed E-state index contributed by atoms with van der Waals surface area (Å²) in [5.74, 6) is -1.85. The van der Waals surface area contributed by atoms with Crippen LogP contribution < -0.4 is 5.32 Å². The molecule has 0 heterocycles. The molecule has 0 fully saturated rings. The molecule has 0 atom stereocenters. The Bertz CT molecular complexity index is 575. The fourth-order valence-corrected chi connectivity index (χ4v) is 1.97. The Balaban J connectivity index is 1.86. The van der Waals surface area contributed by atoms with E-state index in [2.05, 4.69) is 5.32 Å². The lowest BCUT2D eigenvalue weighted by molar-refractivity contribution is -0.686. The zero-order chi connectivity index (χ0) is 15.2. The fourth-order valence-electron chi connectivity index (χ4n) is 1.97. The second-order valence-corrected chi connectivity index (χ2v) is 4.70. The quantitative estimate of drug-likeness (QED) is 0.747. The average Bonchev–Trinajstić information content (AvgIpc) is 2.48. The molecule has 0 aliphatic rings. The van der Waals surface area contributed by atoms with Gasteiger partial charge in [-0.1, -0.05) is 24.3 Å². The number of carboxylic acids is 2. The predicted molar refractivity (Wildman–Crippen MR) is 76.1 cm³/mol. The molecule has 0 saturated carbocycles. The molecule has 2 aromatic carbocycles. The number of carboxylic acid groups (broad SMARTS) is 2. The highest BCUT2D eigenvalue weighted by molar-refractivity contribution is 5.87. The number of aromatic carboxylic acids is 2. The molecule has 4 N–H and O–H groups in total. The van der Waals surface area contributed by atoms with Gasteiger partial charge in [0.1, 0.15) is 13.1 Å². The third-order valence-electron chi connectivity index (χ3n) is 3.16. The zero-order valence-electron chi connectivity index (χ0n) is 11.3. The third kappa shape index (κ3) is 4.15. The number of quaternary nitrogens is 1. The van der Waals surface area contributed by atoms with Gasteiger partial charge in [0.05, 0.1) is 11.1 Å². The molecule has 5 nitrogen and oxygen atoms in total. The topological polar surface area (TPSA) is 91.2 Å². The van der Waals surface area contributed by atoms with E-state index in [1.54, 1.807) is 48.5 Å². The van der Waals surface area contributed by atoms with Crippen molar-refractivity contribution >= 4 is 11.9 Å². The largest absolute Gasteiger partial charge is 0.478 e. The van der Waals surface area contributed by atoms with Crippen LogP contribution in [-0.4, -0.2) is 22.2 Å². The molecule has 21 heavy (non-hydrogen) atoms. The molecule has 2 rings (SSSR count). The van der Waals surface area contributed by atoms with Crippen molar-refractivity contribution in [1.82, 2.24) is 0 Å². The molecule has 0 aliphatic heterocycles. The van der Waals surface area contributed by atoms with Gasteiger partial charge in [-0.25, -0.2) is 9.59 Å². The molecule has 108 valence electrons. The molecule has 0 amide bonds. The Hall–Kier alpha value is -2.66. The van der Waals surface area contributed by atoms with E-state index in [1.807, 2.05) is 0 Å². The molecule has 0 radical (unpaired) electrons. The molecule has 0 aliphatic carbocycles. The van der Waals surface area contributed by atoms with E-state index in [0.29, 0.717) is 0 Å². The van der Waals surface area contributed by atoms with Gasteiger partial charge in [-0.3, -0.25) is 0 Å². The Labute approximate surface area is 121 Å². The molecule has 0 bridgehead atoms. The van der Waals surface area contributed by atoms with Gasteiger partial charge in [-0.15, -0.1) is 0 Å². The molecule has 0 saturated heterocycles. The minimum Gasteiger partial charge on any atom is -0.478 e. The van der Waals surface area contributed by atoms with Crippen LogP contribution in [0.1, 0.15) is 31.8 Å². The highest BCUT2D eigenvalue weighted by Gasteiger charge is 2.04. The van der Waals surface area contributed by atoms with Crippen molar-refractivity contribution in [2.45, 2.75) is 13.1 Å². The second-order valence-electron chi connectivity index (χ2n) is 4.70. The van der Waals surface area contributed by atoms with Gasteiger partial charge in [0, 0.05) is 11.1 Å². The maximum absolute atomic E-state index is 10.7. The van der Waals surface area contributed by atoms with E-state index in [-0.39, 0.29) is 11.1 Å². The summed E-state index contributed by atoms with van der Waals surface area (Å²) >= 11 is 0. The van der Waals surface area contributed by atoms with Crippen molar-refractivity contribution in [2.75, 3.05) is 0 Å². The molecule has 2 aromatic rings. The first-order valence-electron chi connectivity index (χ1n) is 6.52. The summed E-state index contributed by atoms with van der Waals surface area (Å²) in [5.41, 5.74) is 2.65. The molecule has 0 aromatic heterocycles. The van der Waals surface area contributed by atoms with Crippen molar-refractivity contribution in [1.29, 1.82) is 0 Å². The van der Waals surface area contributed by atoms with Crippen molar-refractivity contribution in [3.8, 4) is 0 Å². The van der Waals surface area contributed by atoms with Gasteiger partial charge in [0.15, 0.2) is 0 Å². The minimum absolute atomic E-state index is 0.281. The fraction of sp³-hybridized carbons (Fsp3) is 0.125. The lowest BCUT2D eigenvalue weighted by Gasteiger charge is -2.03. The number of carbonyl (C=O) groups is 2. The minimum atomic E-state index is -0.927. The smallest absolute Gasteiger partial charge is 0.335 e. The highest BCUT2D eigenvalue weighted by Crippen LogP contribution is 2.04. The zero-order valence-corrected chi connectivity index (χ0v) is 11.3. The van der Waals surface area contributed by atoms with E-state index < -0.39 is 11.9 Å². The van der Waals surface area contributed by atoms with Crippen molar-refractivity contribution in [3.63, 3.8) is 0 Å². The molecule has 0 unspecified atom stereocenters. The van der Waals surface area contributed by atoms with Crippen molar-refractivity contribution < 1.29 is 25.1 Å². The van der Waals surface area contributed by atoms with E-state index in [0.717, 1.165) is 24.2 Å². The number of nitrogens with two attached hydrogens (primary N) is 1. The first kappa shape index (κ1) is 14.7. The van der Waals surface area contributed by atoms with Crippen LogP contribution in [0.15, 0.2) is 48.5 Å². The van der Waals surface area contributed by atoms with Gasteiger partial charge >= 0.3 is 11.9 Å². The number of benzene rings is 2. The summed E-state index contributed by atoms with van der Waals surface area (Å²) in [6.45, 7) is 1.47. The van der Waals surface area contributed by atoms with Crippen LogP contribution in [0.2, 0.25) is 0 Å². The van der Waals surface area contributed by atoms with Gasteiger partial charge in [0.25, 0.3) is 0 Å². The average molecular weight is 286 g/mol. The maximum Gasteiger partial charge on any atom is 0.335 e. The maximum atomic E-state index is 10.7. The van der Waals surface area contributed by atoms with Gasteiger partial charge in [0.2, 0.25) is 0 Å². The van der Waals surface area contributed by atoms with Crippen LogP contribution >= 0.6 is 0 Å². The normalized spacial score (nSPS) is 10.3. The summed E-state index contributed by atoms with van der Waals surface area (Å²) in [6, 6.07) is 13.6. The highest BCUT2D eigenvalue weighted by atomic mass is 16.4. The van der Waals surface area contributed by atoms with E-state index in [4.69, 9.17) is 10.2 Å². The van der Waals surface area contributed by atoms with Crippen LogP contribution in [0.4, 0.5) is 0 Å². The summed E-state index contributed by atoms with van der Waals surface area (Å²) in [6.07, 6.45) is 0. The number of rotatable bonds is 6. The molecular formula is C16H16NO4+. The van der Waals surface area contributed by atoms with Crippen LogP contribution in [0.3, 0.4) is 0 Å². The predicted octanol–water partition coefficient (Wildman–Crippen LogP) is 1.35. The monoisotopic (exact) mass is 286 g/mol. The van der Waals surface area contributed by atoms with Crippen molar-refractivity contribution in [2.24, 2.45) is 0 Å². The van der Waals surface area contributed by atoms with Gasteiger partial charge < -0.3 is 15.5 Å². The van der Waals surface area contributed by atoms with Crippen LogP contribution in [0.25, 0.3) is 0 Å². The number of hydrogen-bond acceptors (Lipinski definition) is 2. The van der Waals surface area contributed by atoms with Crippen LogP contribution in [-0.2, 0) is 13.1 Å². The Morgan fingerprint density at radius 1 is 0.714 bits per heavy atom. The summed E-state index contributed by atoms with van der Waals surface area (Å²) in [4.78, 5) is 21.5. The standard InChI is InChI=1S/C16H15NO4/c18-15(19)13-5-1-11(2-6-13)9-17-10-12-3-7-14(8-4-12)16(20)21/h1-8,17H,9-10H2,(H,18,19)(H,20,21)/p+1. The summed E-state index contributed by atoms with van der Waals surface area (Å²) < 4.78 is 0. The lowest BCUT2D eigenvalue weighted by Crippen LogP contribution is -2.80. The van der Waals surface area contributed by atoms with Gasteiger partial charge in [-0.05, 0) is 24.3 Å². The molecular weight excluding hydrogens is 270 g/mol. The van der Waals surface area contributed by atoms with Crippen molar-refractivity contribution in [3.05, 3.63) is 70.8 Å². The third-order valence-corrected chi connectivity index (χ3v) is 3.16. The lowest BCUT2D eigenvalue weighted by atomic mass is 10.1. The molecule has 5 heteroatoms. The first-order chi connectivity index (χ1) is 10.1. The van der Waals surface area contributed by atoms with Gasteiger partial charge in [-0.2, -0.15) is 0 Å². The van der Waals surface area contributed by atoms with E-state index in [9.17, 15) is 9.59 Å². The second kappa shape index (κ2) is 6.67. The number of hydrogen-bond donors (Lipinski definition) is 3. The van der Waals surface area contributed by atoms with E-state index >= 15 is 0 Å². The SMILES string of the molecule is O=C(O)c1ccc(C[NH2+]Cc2ccc(C(=O)O)cc2)cc1. The first-order valence-corrected chi connectivity index (χ1v) is 6.52. The summed E-state index contributed by atoms with van der Waals surface area (Å²) in [7, 11) is 0. The Morgan fingerprint density at radius 2 is 1.05 bits per heavy atom. The van der Waals surface area contributed by atoms with Crippen LogP contribution in [0.5, 0.6) is 0 Å². The molecule has 0 spiro atoms. The van der Waals surface area contributed by atoms with E-state index in [1.165, 1.54) is 0 Å². The Morgan fingerprint density at radius 3 is 1.33 bits per heavy atom. The Kier molecular flexibility index (Phi) is 4.68.